The molecule has 0 rings (SSSR count). The SMILES string of the molecule is CCCC/C=C\CCCCCCCC(=O)OC[C@H](COP(=O)(O)OCC[N+](C)(C)C)OC(=O)CCCCCC/C=C\C/C=C\C/C=C\CCCCC. The summed E-state index contributed by atoms with van der Waals surface area (Å²) in [6.45, 7) is 4.30. The molecule has 0 aliphatic carbocycles. The zero-order chi connectivity index (χ0) is 38.6. The molecule has 0 saturated carbocycles. The zero-order valence-corrected chi connectivity index (χ0v) is 34.7. The van der Waals surface area contributed by atoms with Gasteiger partial charge in [0.2, 0.25) is 0 Å². The fraction of sp³-hybridized carbons (Fsp3) is 0.762. The molecule has 2 atom stereocenters. The van der Waals surface area contributed by atoms with Crippen LogP contribution in [-0.2, 0) is 32.7 Å². The monoisotopic (exact) mass is 755 g/mol. The number of carbonyl (C=O) groups is 2. The van der Waals surface area contributed by atoms with Gasteiger partial charge < -0.3 is 18.9 Å². The van der Waals surface area contributed by atoms with Crippen LogP contribution in [0.2, 0.25) is 0 Å². The molecule has 0 amide bonds. The van der Waals surface area contributed by atoms with Gasteiger partial charge in [0.25, 0.3) is 0 Å². The Kier molecular flexibility index (Phi) is 33.4. The summed E-state index contributed by atoms with van der Waals surface area (Å²) in [5.41, 5.74) is 0. The molecule has 0 saturated heterocycles. The highest BCUT2D eigenvalue weighted by Gasteiger charge is 2.27. The highest BCUT2D eigenvalue weighted by Crippen LogP contribution is 2.43. The number of hydrogen-bond acceptors (Lipinski definition) is 7. The molecule has 0 aromatic carbocycles. The minimum Gasteiger partial charge on any atom is -0.462 e. The second-order valence-electron chi connectivity index (χ2n) is 14.7. The van der Waals surface area contributed by atoms with Crippen molar-refractivity contribution in [3.05, 3.63) is 48.6 Å². The van der Waals surface area contributed by atoms with Crippen molar-refractivity contribution >= 4 is 19.8 Å². The van der Waals surface area contributed by atoms with Crippen LogP contribution < -0.4 is 0 Å². The first-order valence-electron chi connectivity index (χ1n) is 20.4. The van der Waals surface area contributed by atoms with Gasteiger partial charge >= 0.3 is 19.8 Å². The molecular formula is C42H77NO8P+. The number of nitrogens with zero attached hydrogens (tertiary/aromatic N) is 1. The number of allylic oxidation sites excluding steroid dienone is 8. The second-order valence-corrected chi connectivity index (χ2v) is 16.1. The average Bonchev–Trinajstić information content (AvgIpc) is 3.09. The molecule has 1 N–H and O–H groups in total. The van der Waals surface area contributed by atoms with E-state index >= 15 is 0 Å². The Balaban J connectivity index is 4.46. The molecule has 9 nitrogen and oxygen atoms in total. The number of quaternary nitrogens is 1. The zero-order valence-electron chi connectivity index (χ0n) is 33.8. The van der Waals surface area contributed by atoms with Gasteiger partial charge in [0.1, 0.15) is 19.8 Å². The molecule has 1 unspecified atom stereocenters. The number of hydrogen-bond donors (Lipinski definition) is 1. The summed E-state index contributed by atoms with van der Waals surface area (Å²) in [6.07, 6.45) is 38.7. The molecule has 10 heteroatoms. The quantitative estimate of drug-likeness (QED) is 0.0221. The number of phosphoric acid groups is 1. The lowest BCUT2D eigenvalue weighted by atomic mass is 10.1. The van der Waals surface area contributed by atoms with Crippen LogP contribution in [0.25, 0.3) is 0 Å². The van der Waals surface area contributed by atoms with E-state index in [9.17, 15) is 19.0 Å². The predicted molar refractivity (Wildman–Crippen MR) is 215 cm³/mol. The van der Waals surface area contributed by atoms with Crippen molar-refractivity contribution < 1.29 is 42.1 Å². The summed E-state index contributed by atoms with van der Waals surface area (Å²) in [6, 6.07) is 0. The largest absolute Gasteiger partial charge is 0.472 e. The van der Waals surface area contributed by atoms with E-state index in [-0.39, 0.29) is 32.0 Å². The fourth-order valence-corrected chi connectivity index (χ4v) is 5.80. The molecule has 302 valence electrons. The number of carbonyl (C=O) groups excluding carboxylic acids is 2. The Hall–Kier alpha value is -2.03. The van der Waals surface area contributed by atoms with E-state index in [4.69, 9.17) is 18.5 Å². The lowest BCUT2D eigenvalue weighted by molar-refractivity contribution is -0.870. The second kappa shape index (κ2) is 34.7. The Morgan fingerprint density at radius 3 is 1.62 bits per heavy atom. The number of rotatable bonds is 36. The third-order valence-electron chi connectivity index (χ3n) is 8.33. The summed E-state index contributed by atoms with van der Waals surface area (Å²) < 4.78 is 34.2. The molecule has 0 radical (unpaired) electrons. The van der Waals surface area contributed by atoms with Crippen LogP contribution in [0.3, 0.4) is 0 Å². The molecule has 0 aliphatic rings. The molecule has 0 bridgehead atoms. The Bertz CT molecular complexity index is 1030. The summed E-state index contributed by atoms with van der Waals surface area (Å²) >= 11 is 0. The summed E-state index contributed by atoms with van der Waals surface area (Å²) in [5.74, 6) is -0.840. The van der Waals surface area contributed by atoms with E-state index in [1.807, 2.05) is 21.1 Å². The third-order valence-corrected chi connectivity index (χ3v) is 9.32. The van der Waals surface area contributed by atoms with Crippen molar-refractivity contribution in [2.75, 3.05) is 47.5 Å². The molecule has 0 aromatic rings. The van der Waals surface area contributed by atoms with Crippen LogP contribution in [0, 0.1) is 0 Å². The van der Waals surface area contributed by atoms with Crippen LogP contribution in [0.4, 0.5) is 0 Å². The fourth-order valence-electron chi connectivity index (χ4n) is 5.06. The first kappa shape index (κ1) is 50.0. The number of ether oxygens (including phenoxy) is 2. The van der Waals surface area contributed by atoms with Gasteiger partial charge in [-0.2, -0.15) is 0 Å². The van der Waals surface area contributed by atoms with Crippen molar-refractivity contribution in [1.82, 2.24) is 0 Å². The lowest BCUT2D eigenvalue weighted by Crippen LogP contribution is -2.37. The maximum absolute atomic E-state index is 12.6. The highest BCUT2D eigenvalue weighted by molar-refractivity contribution is 7.47. The van der Waals surface area contributed by atoms with E-state index < -0.39 is 26.5 Å². The molecule has 0 heterocycles. The maximum atomic E-state index is 12.6. The minimum atomic E-state index is -4.38. The van der Waals surface area contributed by atoms with E-state index in [1.54, 1.807) is 0 Å². The van der Waals surface area contributed by atoms with E-state index in [0.29, 0.717) is 17.4 Å². The smallest absolute Gasteiger partial charge is 0.462 e. The van der Waals surface area contributed by atoms with Crippen LogP contribution in [-0.4, -0.2) is 74.9 Å². The Labute approximate surface area is 318 Å². The lowest BCUT2D eigenvalue weighted by Gasteiger charge is -2.24. The number of likely N-dealkylation sites (N-methyl/N-ethyl adjacent to an activating group) is 1. The molecule has 52 heavy (non-hydrogen) atoms. The van der Waals surface area contributed by atoms with E-state index in [2.05, 4.69) is 62.5 Å². The number of phosphoric ester groups is 1. The average molecular weight is 755 g/mol. The van der Waals surface area contributed by atoms with Gasteiger partial charge in [0.15, 0.2) is 6.10 Å². The Morgan fingerprint density at radius 2 is 1.06 bits per heavy atom. The van der Waals surface area contributed by atoms with Gasteiger partial charge in [-0.05, 0) is 70.6 Å². The van der Waals surface area contributed by atoms with Crippen LogP contribution in [0.5, 0.6) is 0 Å². The van der Waals surface area contributed by atoms with Gasteiger partial charge in [-0.25, -0.2) is 4.57 Å². The number of unbranched alkanes of at least 4 members (excludes halogenated alkanes) is 14. The predicted octanol–water partition coefficient (Wildman–Crippen LogP) is 11.1. The first-order valence-corrected chi connectivity index (χ1v) is 21.9. The van der Waals surface area contributed by atoms with Crippen LogP contribution in [0.1, 0.15) is 155 Å². The molecule has 0 aromatic heterocycles. The van der Waals surface area contributed by atoms with E-state index in [1.165, 1.54) is 38.5 Å². The molecular weight excluding hydrogens is 677 g/mol. The summed E-state index contributed by atoms with van der Waals surface area (Å²) in [4.78, 5) is 35.2. The topological polar surface area (TPSA) is 108 Å². The molecule has 0 spiro atoms. The normalized spacial score (nSPS) is 14.2. The molecule has 0 fully saturated rings. The van der Waals surface area contributed by atoms with Gasteiger partial charge in [0, 0.05) is 12.8 Å². The number of esters is 2. The van der Waals surface area contributed by atoms with Gasteiger partial charge in [-0.15, -0.1) is 0 Å². The maximum Gasteiger partial charge on any atom is 0.472 e. The van der Waals surface area contributed by atoms with Crippen molar-refractivity contribution in [2.24, 2.45) is 0 Å². The van der Waals surface area contributed by atoms with Gasteiger partial charge in [-0.3, -0.25) is 18.6 Å². The summed E-state index contributed by atoms with van der Waals surface area (Å²) in [7, 11) is 1.45. The van der Waals surface area contributed by atoms with Gasteiger partial charge in [0.05, 0.1) is 27.7 Å². The third kappa shape index (κ3) is 37.7. The Morgan fingerprint density at radius 1 is 0.596 bits per heavy atom. The summed E-state index contributed by atoms with van der Waals surface area (Å²) in [5, 5.41) is 0. The first-order chi connectivity index (χ1) is 25.0. The highest BCUT2D eigenvalue weighted by atomic mass is 31.2. The van der Waals surface area contributed by atoms with Crippen molar-refractivity contribution in [3.8, 4) is 0 Å². The molecule has 0 aliphatic heterocycles. The van der Waals surface area contributed by atoms with Crippen LogP contribution in [0.15, 0.2) is 48.6 Å². The van der Waals surface area contributed by atoms with E-state index in [0.717, 1.165) is 83.5 Å². The van der Waals surface area contributed by atoms with Crippen LogP contribution >= 0.6 is 7.82 Å². The van der Waals surface area contributed by atoms with Crippen molar-refractivity contribution in [3.63, 3.8) is 0 Å². The minimum absolute atomic E-state index is 0.0241. The van der Waals surface area contributed by atoms with Gasteiger partial charge in [-0.1, -0.05) is 120 Å². The van der Waals surface area contributed by atoms with Crippen molar-refractivity contribution in [1.29, 1.82) is 0 Å². The van der Waals surface area contributed by atoms with Crippen molar-refractivity contribution in [2.45, 2.75) is 161 Å². The standard InChI is InChI=1S/C42H76NO8P/c1-6-8-10-12-14-16-18-19-20-21-22-23-25-27-29-31-33-35-42(45)51-40(39-50-52(46,47)49-37-36-43(3,4)5)38-48-41(44)34-32-30-28-26-24-17-15-13-11-9-7-2/h13-16,19-20,22-23,40H,6-12,17-18,21,24-39H2,1-5H3/p+1/b15-13-,16-14-,20-19-,23-22-/t40-/m1/s1.